The predicted octanol–water partition coefficient (Wildman–Crippen LogP) is 0.925. The third kappa shape index (κ3) is 2.80. The molecule has 0 aromatic rings. The fourth-order valence-corrected chi connectivity index (χ4v) is 2.64. The lowest BCUT2D eigenvalue weighted by Gasteiger charge is -2.17. The Kier molecular flexibility index (Phi) is 4.37. The lowest BCUT2D eigenvalue weighted by atomic mass is 10.2. The van der Waals surface area contributed by atoms with Crippen LogP contribution in [0.5, 0.6) is 0 Å². The van der Waals surface area contributed by atoms with Gasteiger partial charge in [-0.1, -0.05) is 0 Å². The average Bonchev–Trinajstić information content (AvgIpc) is 3.11. The molecule has 20 heavy (non-hydrogen) atoms. The summed E-state index contributed by atoms with van der Waals surface area (Å²) in [5.74, 6) is -0.606. The maximum Gasteiger partial charge on any atom is 0.300 e. The van der Waals surface area contributed by atoms with Crippen molar-refractivity contribution in [3.05, 3.63) is 23.6 Å². The molecule has 2 fully saturated rings. The number of nitriles is 1. The Morgan fingerprint density at radius 2 is 1.75 bits per heavy atom. The van der Waals surface area contributed by atoms with Crippen molar-refractivity contribution in [1.29, 1.82) is 5.26 Å². The highest BCUT2D eigenvalue weighted by Gasteiger charge is 2.32. The Balaban J connectivity index is 1.96. The number of hydrogen-bond donors (Lipinski definition) is 0. The van der Waals surface area contributed by atoms with Gasteiger partial charge in [-0.05, 0) is 19.3 Å². The number of rotatable bonds is 2. The Labute approximate surface area is 118 Å². The van der Waals surface area contributed by atoms with E-state index in [2.05, 4.69) is 10.9 Å². The summed E-state index contributed by atoms with van der Waals surface area (Å²) in [6.45, 7) is 8.15. The Morgan fingerprint density at radius 3 is 2.40 bits per heavy atom. The molecule has 2 unspecified atom stereocenters. The number of carbonyl (C=O) groups is 2. The summed E-state index contributed by atoms with van der Waals surface area (Å²) in [5.41, 5.74) is 0. The highest BCUT2D eigenvalue weighted by Crippen LogP contribution is 2.19. The van der Waals surface area contributed by atoms with Gasteiger partial charge in [0.1, 0.15) is 6.04 Å². The van der Waals surface area contributed by atoms with E-state index in [1.165, 1.54) is 22.0 Å². The lowest BCUT2D eigenvalue weighted by molar-refractivity contribution is -0.128. The van der Waals surface area contributed by atoms with Crippen molar-refractivity contribution in [3.8, 4) is 6.07 Å². The first-order valence-electron chi connectivity index (χ1n) is 6.73. The summed E-state index contributed by atoms with van der Waals surface area (Å²) >= 11 is 0. The van der Waals surface area contributed by atoms with Crippen LogP contribution in [0, 0.1) is 17.9 Å². The number of nitrogens with zero attached hydrogens (tertiary/aromatic N) is 4. The molecule has 2 rings (SSSR count). The number of amides is 2. The summed E-state index contributed by atoms with van der Waals surface area (Å²) in [4.78, 5) is 30.3. The van der Waals surface area contributed by atoms with E-state index < -0.39 is 6.17 Å². The maximum absolute atomic E-state index is 11.9. The topological polar surface area (TPSA) is 68.8 Å². The molecular formula is C14H16N4O2. The minimum absolute atomic E-state index is 0.301. The first-order chi connectivity index (χ1) is 9.67. The van der Waals surface area contributed by atoms with Crippen molar-refractivity contribution in [2.45, 2.75) is 37.9 Å². The van der Waals surface area contributed by atoms with Crippen LogP contribution in [-0.4, -0.2) is 46.9 Å². The second kappa shape index (κ2) is 6.21. The van der Waals surface area contributed by atoms with Crippen LogP contribution in [0.25, 0.3) is 4.85 Å². The van der Waals surface area contributed by atoms with E-state index in [4.69, 9.17) is 11.8 Å². The van der Waals surface area contributed by atoms with Gasteiger partial charge in [-0.15, -0.1) is 0 Å². The van der Waals surface area contributed by atoms with Crippen molar-refractivity contribution >= 4 is 11.8 Å². The van der Waals surface area contributed by atoms with Gasteiger partial charge >= 0.3 is 6.17 Å². The van der Waals surface area contributed by atoms with Gasteiger partial charge in [0.25, 0.3) is 5.91 Å². The van der Waals surface area contributed by atoms with E-state index in [0.717, 1.165) is 12.8 Å². The van der Waals surface area contributed by atoms with E-state index in [9.17, 15) is 9.59 Å². The monoisotopic (exact) mass is 272 g/mol. The molecule has 2 heterocycles. The van der Waals surface area contributed by atoms with Gasteiger partial charge in [0.05, 0.1) is 6.07 Å². The Hall–Kier alpha value is -2.34. The van der Waals surface area contributed by atoms with Crippen molar-refractivity contribution in [3.63, 3.8) is 0 Å². The molecule has 0 aliphatic carbocycles. The maximum atomic E-state index is 11.9. The standard InChI is InChI=1S/C14H16N4O2/c1-16-12-5-3-9-18(12)14(20)7-6-13(19)17-8-2-4-11(17)10-15/h6-7,11-12H,2-5,8-9H2. The van der Waals surface area contributed by atoms with Gasteiger partial charge < -0.3 is 4.90 Å². The second-order valence-electron chi connectivity index (χ2n) is 4.94. The van der Waals surface area contributed by atoms with Crippen LogP contribution in [0.15, 0.2) is 12.2 Å². The highest BCUT2D eigenvalue weighted by atomic mass is 16.2. The molecule has 6 heteroatoms. The van der Waals surface area contributed by atoms with Crippen LogP contribution in [-0.2, 0) is 9.59 Å². The zero-order valence-electron chi connectivity index (χ0n) is 11.2. The smallest absolute Gasteiger partial charge is 0.300 e. The van der Waals surface area contributed by atoms with Crippen LogP contribution in [0.3, 0.4) is 0 Å². The quantitative estimate of drug-likeness (QED) is 0.554. The first-order valence-corrected chi connectivity index (χ1v) is 6.73. The van der Waals surface area contributed by atoms with Crippen LogP contribution < -0.4 is 0 Å². The zero-order valence-corrected chi connectivity index (χ0v) is 11.2. The molecule has 2 aliphatic rings. The minimum Gasteiger partial charge on any atom is -0.323 e. The molecule has 2 amide bonds. The second-order valence-corrected chi connectivity index (χ2v) is 4.94. The molecule has 0 spiro atoms. The molecule has 2 atom stereocenters. The van der Waals surface area contributed by atoms with Gasteiger partial charge in [-0.25, -0.2) is 6.57 Å². The van der Waals surface area contributed by atoms with Crippen LogP contribution in [0.1, 0.15) is 25.7 Å². The zero-order chi connectivity index (χ0) is 14.5. The molecule has 104 valence electrons. The highest BCUT2D eigenvalue weighted by molar-refractivity contribution is 5.97. The molecular weight excluding hydrogens is 256 g/mol. The lowest BCUT2D eigenvalue weighted by Crippen LogP contribution is -2.34. The van der Waals surface area contributed by atoms with E-state index in [1.807, 2.05) is 0 Å². The molecule has 6 nitrogen and oxygen atoms in total. The molecule has 0 aromatic carbocycles. The molecule has 0 aromatic heterocycles. The van der Waals surface area contributed by atoms with Gasteiger partial charge in [0, 0.05) is 31.7 Å². The van der Waals surface area contributed by atoms with E-state index in [0.29, 0.717) is 25.9 Å². The van der Waals surface area contributed by atoms with E-state index in [-0.39, 0.29) is 17.9 Å². The molecule has 0 N–H and O–H groups in total. The van der Waals surface area contributed by atoms with Crippen molar-refractivity contribution in [2.75, 3.05) is 13.1 Å². The molecule has 2 aliphatic heterocycles. The summed E-state index contributed by atoms with van der Waals surface area (Å²) < 4.78 is 0. The third-order valence-electron chi connectivity index (χ3n) is 3.71. The van der Waals surface area contributed by atoms with Crippen LogP contribution in [0.4, 0.5) is 0 Å². The normalized spacial score (nSPS) is 25.7. The summed E-state index contributed by atoms with van der Waals surface area (Å²) in [6.07, 6.45) is 5.06. The summed E-state index contributed by atoms with van der Waals surface area (Å²) in [7, 11) is 0. The largest absolute Gasteiger partial charge is 0.323 e. The fraction of sp³-hybridized carbons (Fsp3) is 0.571. The third-order valence-corrected chi connectivity index (χ3v) is 3.71. The van der Waals surface area contributed by atoms with Crippen LogP contribution in [0.2, 0.25) is 0 Å². The van der Waals surface area contributed by atoms with Gasteiger partial charge in [0.2, 0.25) is 5.91 Å². The van der Waals surface area contributed by atoms with Gasteiger partial charge in [0.15, 0.2) is 0 Å². The first kappa shape index (κ1) is 14.1. The summed E-state index contributed by atoms with van der Waals surface area (Å²) in [5, 5.41) is 8.93. The molecule has 0 saturated carbocycles. The summed E-state index contributed by atoms with van der Waals surface area (Å²) in [6, 6.07) is 1.71. The van der Waals surface area contributed by atoms with Gasteiger partial charge in [-0.2, -0.15) is 5.26 Å². The van der Waals surface area contributed by atoms with Crippen molar-refractivity contribution < 1.29 is 9.59 Å². The predicted molar refractivity (Wildman–Crippen MR) is 70.8 cm³/mol. The van der Waals surface area contributed by atoms with Crippen molar-refractivity contribution in [1.82, 2.24) is 9.80 Å². The van der Waals surface area contributed by atoms with Gasteiger partial charge in [-0.3, -0.25) is 19.3 Å². The van der Waals surface area contributed by atoms with E-state index in [1.54, 1.807) is 0 Å². The fourth-order valence-electron chi connectivity index (χ4n) is 2.64. The Morgan fingerprint density at radius 1 is 1.15 bits per heavy atom. The SMILES string of the molecule is [C-]#[N+]C1CCCN1C(=O)C=CC(=O)N1CCCC1C#N. The minimum atomic E-state index is -0.402. The van der Waals surface area contributed by atoms with Crippen LogP contribution >= 0.6 is 0 Å². The number of hydrogen-bond acceptors (Lipinski definition) is 3. The van der Waals surface area contributed by atoms with E-state index >= 15 is 0 Å². The van der Waals surface area contributed by atoms with Crippen molar-refractivity contribution in [2.24, 2.45) is 0 Å². The molecule has 0 bridgehead atoms. The molecule has 0 radical (unpaired) electrons. The number of likely N-dealkylation sites (tertiary alicyclic amines) is 2. The molecule has 2 saturated heterocycles. The number of carbonyl (C=O) groups excluding carboxylic acids is 2. The Bertz CT molecular complexity index is 468. The average molecular weight is 272 g/mol.